The lowest BCUT2D eigenvalue weighted by atomic mass is 10.1. The van der Waals surface area contributed by atoms with Gasteiger partial charge in [0.2, 0.25) is 0 Å². The van der Waals surface area contributed by atoms with Crippen LogP contribution in [0.25, 0.3) is 0 Å². The van der Waals surface area contributed by atoms with Gasteiger partial charge in [0.15, 0.2) is 0 Å². The van der Waals surface area contributed by atoms with E-state index in [2.05, 4.69) is 29.6 Å². The smallest absolute Gasteiger partial charge is 0.119 e. The number of ether oxygens (including phenoxy) is 1. The average molecular weight is 371 g/mol. The van der Waals surface area contributed by atoms with E-state index in [0.717, 1.165) is 30.3 Å². The van der Waals surface area contributed by atoms with E-state index in [1.165, 1.54) is 11.1 Å². The van der Waals surface area contributed by atoms with E-state index in [1.807, 2.05) is 31.2 Å². The van der Waals surface area contributed by atoms with Gasteiger partial charge in [0.1, 0.15) is 5.75 Å². The molecule has 0 saturated heterocycles. The Morgan fingerprint density at radius 2 is 1.57 bits per heavy atom. The minimum Gasteiger partial charge on any atom is -0.494 e. The fraction of sp³-hybridized carbons (Fsp3) is 0.294. The van der Waals surface area contributed by atoms with Gasteiger partial charge < -0.3 is 10.1 Å². The Labute approximate surface area is 142 Å². The van der Waals surface area contributed by atoms with E-state index in [0.29, 0.717) is 6.61 Å². The van der Waals surface area contributed by atoms with Crippen molar-refractivity contribution in [1.82, 2.24) is 5.32 Å². The van der Waals surface area contributed by atoms with Crippen molar-refractivity contribution in [3.8, 4) is 5.75 Å². The minimum atomic E-state index is 0. The highest BCUT2D eigenvalue weighted by Gasteiger charge is 1.96. The highest BCUT2D eigenvalue weighted by atomic mass is 79.9. The molecule has 0 saturated carbocycles. The Morgan fingerprint density at radius 3 is 2.19 bits per heavy atom. The van der Waals surface area contributed by atoms with E-state index in [-0.39, 0.29) is 17.0 Å². The molecule has 0 fully saturated rings. The Bertz CT molecular complexity index is 513. The number of hydrogen-bond acceptors (Lipinski definition) is 2. The third kappa shape index (κ3) is 6.51. The molecule has 0 aromatic heterocycles. The van der Waals surface area contributed by atoms with Crippen molar-refractivity contribution in [3.05, 3.63) is 64.7 Å². The van der Waals surface area contributed by atoms with Crippen molar-refractivity contribution in [2.75, 3.05) is 13.2 Å². The second-order valence-electron chi connectivity index (χ2n) is 4.63. The molecule has 2 aromatic rings. The molecule has 4 heteroatoms. The molecule has 114 valence electrons. The first-order valence-corrected chi connectivity index (χ1v) is 7.32. The molecule has 0 aliphatic heterocycles. The first-order chi connectivity index (χ1) is 9.78. The third-order valence-corrected chi connectivity index (χ3v) is 3.32. The molecule has 1 N–H and O–H groups in total. The molecule has 0 atom stereocenters. The zero-order chi connectivity index (χ0) is 14.2. The predicted molar refractivity (Wildman–Crippen MR) is 94.8 cm³/mol. The molecule has 0 aliphatic carbocycles. The van der Waals surface area contributed by atoms with Gasteiger partial charge in [0.05, 0.1) is 6.61 Å². The fourth-order valence-electron chi connectivity index (χ4n) is 1.99. The molecule has 0 spiro atoms. The van der Waals surface area contributed by atoms with Crippen molar-refractivity contribution in [3.63, 3.8) is 0 Å². The molecule has 2 nitrogen and oxygen atoms in total. The molecule has 0 heterocycles. The highest BCUT2D eigenvalue weighted by Crippen LogP contribution is 2.12. The van der Waals surface area contributed by atoms with E-state index in [9.17, 15) is 0 Å². The number of benzene rings is 2. The van der Waals surface area contributed by atoms with Gasteiger partial charge in [-0.3, -0.25) is 0 Å². The maximum Gasteiger partial charge on any atom is 0.119 e. The van der Waals surface area contributed by atoms with Crippen LogP contribution in [0.1, 0.15) is 18.1 Å². The van der Waals surface area contributed by atoms with Crippen molar-refractivity contribution in [1.29, 1.82) is 0 Å². The maximum absolute atomic E-state index is 5.86. The van der Waals surface area contributed by atoms with Crippen LogP contribution < -0.4 is 10.1 Å². The molecule has 0 amide bonds. The summed E-state index contributed by atoms with van der Waals surface area (Å²) in [6.45, 7) is 4.53. The van der Waals surface area contributed by atoms with Crippen LogP contribution in [-0.4, -0.2) is 13.2 Å². The highest BCUT2D eigenvalue weighted by molar-refractivity contribution is 8.93. The van der Waals surface area contributed by atoms with Gasteiger partial charge in [-0.2, -0.15) is 0 Å². The van der Waals surface area contributed by atoms with Crippen LogP contribution >= 0.6 is 28.6 Å². The van der Waals surface area contributed by atoms with Crippen LogP contribution in [0.2, 0.25) is 5.02 Å². The van der Waals surface area contributed by atoms with Gasteiger partial charge in [-0.15, -0.1) is 17.0 Å². The quantitative estimate of drug-likeness (QED) is 0.716. The molecule has 0 radical (unpaired) electrons. The lowest BCUT2D eigenvalue weighted by Crippen LogP contribution is -2.16. The number of rotatable bonds is 7. The molecular formula is C17H21BrClNO. The molecule has 21 heavy (non-hydrogen) atoms. The van der Waals surface area contributed by atoms with Crippen molar-refractivity contribution in [2.24, 2.45) is 0 Å². The fourth-order valence-corrected chi connectivity index (χ4v) is 2.11. The Kier molecular flexibility index (Phi) is 8.43. The van der Waals surface area contributed by atoms with Gasteiger partial charge in [-0.25, -0.2) is 0 Å². The second-order valence-corrected chi connectivity index (χ2v) is 5.07. The van der Waals surface area contributed by atoms with Crippen LogP contribution in [-0.2, 0) is 13.0 Å². The molecule has 2 aromatic carbocycles. The topological polar surface area (TPSA) is 21.3 Å². The number of halogens is 2. The van der Waals surface area contributed by atoms with Crippen molar-refractivity contribution in [2.45, 2.75) is 19.9 Å². The van der Waals surface area contributed by atoms with Crippen LogP contribution in [0.15, 0.2) is 48.5 Å². The summed E-state index contributed by atoms with van der Waals surface area (Å²) in [6.07, 6.45) is 1.01. The third-order valence-electron chi connectivity index (χ3n) is 3.07. The number of hydrogen-bond donors (Lipinski definition) is 1. The summed E-state index contributed by atoms with van der Waals surface area (Å²) in [7, 11) is 0. The molecule has 0 aliphatic rings. The van der Waals surface area contributed by atoms with Gasteiger partial charge >= 0.3 is 0 Å². The summed E-state index contributed by atoms with van der Waals surface area (Å²) >= 11 is 5.86. The standard InChI is InChI=1S/C17H20ClNO.BrH/c1-2-20-17-9-5-15(6-10-17)13-19-12-11-14-3-7-16(18)8-4-14;/h3-10,19H,2,11-13H2,1H3;1H. The Balaban J connectivity index is 0.00000220. The summed E-state index contributed by atoms with van der Waals surface area (Å²) in [4.78, 5) is 0. The second kappa shape index (κ2) is 9.82. The first kappa shape index (κ1) is 18.0. The van der Waals surface area contributed by atoms with Gasteiger partial charge in [0, 0.05) is 11.6 Å². The summed E-state index contributed by atoms with van der Waals surface area (Å²) in [6, 6.07) is 16.2. The van der Waals surface area contributed by atoms with Gasteiger partial charge in [-0.05, 0) is 55.3 Å². The van der Waals surface area contributed by atoms with E-state index in [4.69, 9.17) is 16.3 Å². The maximum atomic E-state index is 5.86. The van der Waals surface area contributed by atoms with Crippen molar-refractivity contribution >= 4 is 28.6 Å². The van der Waals surface area contributed by atoms with Crippen molar-refractivity contribution < 1.29 is 4.74 Å². The molecular weight excluding hydrogens is 350 g/mol. The summed E-state index contributed by atoms with van der Waals surface area (Å²) in [5, 5.41) is 4.23. The zero-order valence-electron chi connectivity index (χ0n) is 12.1. The van der Waals surface area contributed by atoms with Gasteiger partial charge in [-0.1, -0.05) is 35.9 Å². The normalized spacial score (nSPS) is 10.0. The lowest BCUT2D eigenvalue weighted by molar-refractivity contribution is 0.340. The molecule has 0 unspecified atom stereocenters. The lowest BCUT2D eigenvalue weighted by Gasteiger charge is -2.07. The average Bonchev–Trinajstić information content (AvgIpc) is 2.47. The predicted octanol–water partition coefficient (Wildman–Crippen LogP) is 4.65. The Hall–Kier alpha value is -1.03. The van der Waals surface area contributed by atoms with Crippen LogP contribution in [0.4, 0.5) is 0 Å². The summed E-state index contributed by atoms with van der Waals surface area (Å²) < 4.78 is 5.42. The largest absolute Gasteiger partial charge is 0.494 e. The van der Waals surface area contributed by atoms with Crippen LogP contribution in [0, 0.1) is 0 Å². The summed E-state index contributed by atoms with van der Waals surface area (Å²) in [5.74, 6) is 0.928. The first-order valence-electron chi connectivity index (χ1n) is 6.95. The number of nitrogens with one attached hydrogen (secondary N) is 1. The van der Waals surface area contributed by atoms with Crippen LogP contribution in [0.5, 0.6) is 5.75 Å². The van der Waals surface area contributed by atoms with Gasteiger partial charge in [0.25, 0.3) is 0 Å². The summed E-state index contributed by atoms with van der Waals surface area (Å²) in [5.41, 5.74) is 2.57. The van der Waals surface area contributed by atoms with Crippen LogP contribution in [0.3, 0.4) is 0 Å². The monoisotopic (exact) mass is 369 g/mol. The minimum absolute atomic E-state index is 0. The van der Waals surface area contributed by atoms with E-state index < -0.39 is 0 Å². The van der Waals surface area contributed by atoms with E-state index >= 15 is 0 Å². The van der Waals surface area contributed by atoms with E-state index in [1.54, 1.807) is 0 Å². The molecule has 2 rings (SSSR count). The zero-order valence-corrected chi connectivity index (χ0v) is 14.6. The Morgan fingerprint density at radius 1 is 0.952 bits per heavy atom. The molecule has 0 bridgehead atoms. The SMILES string of the molecule is Br.CCOc1ccc(CNCCc2ccc(Cl)cc2)cc1.